The lowest BCUT2D eigenvalue weighted by atomic mass is 10.2. The standard InChI is InChI=1S/C6H11FO/c1-3-4-6(7)5(2)8/h3-6,8H,1-2H3/b4-3+. The van der Waals surface area contributed by atoms with Crippen LogP contribution in [0.5, 0.6) is 0 Å². The number of hydrogen-bond donors (Lipinski definition) is 1. The minimum Gasteiger partial charge on any atom is -0.390 e. The molecule has 0 rings (SSSR count). The minimum absolute atomic E-state index is 0.883. The molecule has 0 radical (unpaired) electrons. The van der Waals surface area contributed by atoms with Gasteiger partial charge in [-0.2, -0.15) is 0 Å². The van der Waals surface area contributed by atoms with Crippen LogP contribution in [0, 0.1) is 0 Å². The smallest absolute Gasteiger partial charge is 0.144 e. The number of halogens is 1. The molecule has 0 aliphatic rings. The highest BCUT2D eigenvalue weighted by Gasteiger charge is 2.06. The average molecular weight is 118 g/mol. The van der Waals surface area contributed by atoms with Crippen molar-refractivity contribution in [2.75, 3.05) is 0 Å². The van der Waals surface area contributed by atoms with Gasteiger partial charge in [-0.05, 0) is 13.8 Å². The highest BCUT2D eigenvalue weighted by atomic mass is 19.1. The SMILES string of the molecule is C/C=C/C(F)C(C)O. The summed E-state index contributed by atoms with van der Waals surface area (Å²) in [5.74, 6) is 0. The molecule has 1 N–H and O–H groups in total. The van der Waals surface area contributed by atoms with Crippen molar-refractivity contribution in [3.63, 3.8) is 0 Å². The molecule has 0 aliphatic heterocycles. The normalized spacial score (nSPS) is 19.0. The highest BCUT2D eigenvalue weighted by molar-refractivity contribution is 4.88. The van der Waals surface area contributed by atoms with Gasteiger partial charge in [-0.3, -0.25) is 0 Å². The Kier molecular flexibility index (Phi) is 3.44. The Bertz CT molecular complexity index is 78.6. The molecule has 0 bridgehead atoms. The van der Waals surface area contributed by atoms with E-state index in [1.54, 1.807) is 13.0 Å². The molecule has 2 unspecified atom stereocenters. The van der Waals surface area contributed by atoms with Gasteiger partial charge < -0.3 is 5.11 Å². The van der Waals surface area contributed by atoms with Crippen LogP contribution in [0.2, 0.25) is 0 Å². The van der Waals surface area contributed by atoms with Crippen LogP contribution in [0.1, 0.15) is 13.8 Å². The maximum atomic E-state index is 12.2. The molecule has 2 heteroatoms. The molecule has 0 fully saturated rings. The zero-order chi connectivity index (χ0) is 6.57. The largest absolute Gasteiger partial charge is 0.390 e. The highest BCUT2D eigenvalue weighted by Crippen LogP contribution is 1.98. The van der Waals surface area contributed by atoms with Crippen molar-refractivity contribution in [3.8, 4) is 0 Å². The third-order valence-corrected chi connectivity index (χ3v) is 0.837. The number of aliphatic hydroxyl groups is 1. The first-order valence-electron chi connectivity index (χ1n) is 2.63. The summed E-state index contributed by atoms with van der Waals surface area (Å²) in [4.78, 5) is 0. The van der Waals surface area contributed by atoms with Gasteiger partial charge in [-0.15, -0.1) is 0 Å². The molecular weight excluding hydrogens is 107 g/mol. The predicted octanol–water partition coefficient (Wildman–Crippen LogP) is 1.28. The van der Waals surface area contributed by atoms with Crippen molar-refractivity contribution in [1.29, 1.82) is 0 Å². The van der Waals surface area contributed by atoms with Crippen molar-refractivity contribution < 1.29 is 9.50 Å². The zero-order valence-electron chi connectivity index (χ0n) is 5.13. The molecule has 0 aliphatic carbocycles. The molecular formula is C6H11FO. The first kappa shape index (κ1) is 7.63. The molecule has 0 saturated carbocycles. The molecule has 0 spiro atoms. The van der Waals surface area contributed by atoms with Crippen molar-refractivity contribution in [2.24, 2.45) is 0 Å². The van der Waals surface area contributed by atoms with Crippen LogP contribution in [-0.2, 0) is 0 Å². The summed E-state index contributed by atoms with van der Waals surface area (Å²) >= 11 is 0. The van der Waals surface area contributed by atoms with E-state index >= 15 is 0 Å². The van der Waals surface area contributed by atoms with Crippen LogP contribution < -0.4 is 0 Å². The number of allylic oxidation sites excluding steroid dienone is 1. The van der Waals surface area contributed by atoms with E-state index in [4.69, 9.17) is 5.11 Å². The Labute approximate surface area is 48.8 Å². The minimum atomic E-state index is -1.21. The topological polar surface area (TPSA) is 20.2 Å². The number of rotatable bonds is 2. The van der Waals surface area contributed by atoms with Crippen molar-refractivity contribution in [2.45, 2.75) is 26.1 Å². The Morgan fingerprint density at radius 3 is 2.25 bits per heavy atom. The van der Waals surface area contributed by atoms with E-state index in [-0.39, 0.29) is 0 Å². The zero-order valence-corrected chi connectivity index (χ0v) is 5.13. The van der Waals surface area contributed by atoms with Crippen molar-refractivity contribution >= 4 is 0 Å². The van der Waals surface area contributed by atoms with Gasteiger partial charge in [0.1, 0.15) is 6.17 Å². The lowest BCUT2D eigenvalue weighted by Crippen LogP contribution is -2.14. The third-order valence-electron chi connectivity index (χ3n) is 0.837. The molecule has 2 atom stereocenters. The molecule has 8 heavy (non-hydrogen) atoms. The molecule has 0 saturated heterocycles. The number of hydrogen-bond acceptors (Lipinski definition) is 1. The van der Waals surface area contributed by atoms with Gasteiger partial charge in [0.2, 0.25) is 0 Å². The first-order valence-corrected chi connectivity index (χ1v) is 2.63. The Morgan fingerprint density at radius 1 is 1.62 bits per heavy atom. The van der Waals surface area contributed by atoms with E-state index < -0.39 is 12.3 Å². The monoisotopic (exact) mass is 118 g/mol. The molecule has 0 aromatic carbocycles. The van der Waals surface area contributed by atoms with Crippen molar-refractivity contribution in [3.05, 3.63) is 12.2 Å². The van der Waals surface area contributed by atoms with Crippen LogP contribution in [0.4, 0.5) is 4.39 Å². The van der Waals surface area contributed by atoms with Gasteiger partial charge in [0, 0.05) is 0 Å². The van der Waals surface area contributed by atoms with Gasteiger partial charge in [0.25, 0.3) is 0 Å². The third kappa shape index (κ3) is 2.75. The summed E-state index contributed by atoms with van der Waals surface area (Å²) in [6.45, 7) is 3.14. The van der Waals surface area contributed by atoms with Gasteiger partial charge >= 0.3 is 0 Å². The number of aliphatic hydroxyl groups excluding tert-OH is 1. The van der Waals surface area contributed by atoms with Crippen LogP contribution in [0.3, 0.4) is 0 Å². The maximum absolute atomic E-state index is 12.2. The van der Waals surface area contributed by atoms with E-state index in [0.717, 1.165) is 0 Å². The van der Waals surface area contributed by atoms with Gasteiger partial charge in [-0.1, -0.05) is 12.2 Å². The molecule has 0 aromatic rings. The second kappa shape index (κ2) is 3.61. The summed E-state index contributed by atoms with van der Waals surface area (Å²) in [6, 6.07) is 0. The predicted molar refractivity (Wildman–Crippen MR) is 31.4 cm³/mol. The lowest BCUT2D eigenvalue weighted by molar-refractivity contribution is 0.119. The Balaban J connectivity index is 3.47. The van der Waals surface area contributed by atoms with E-state index in [9.17, 15) is 4.39 Å². The van der Waals surface area contributed by atoms with Crippen LogP contribution in [0.25, 0.3) is 0 Å². The van der Waals surface area contributed by atoms with Crippen molar-refractivity contribution in [1.82, 2.24) is 0 Å². The maximum Gasteiger partial charge on any atom is 0.144 e. The molecule has 0 amide bonds. The summed E-state index contributed by atoms with van der Waals surface area (Å²) in [5, 5.41) is 8.53. The Hall–Kier alpha value is -0.370. The molecule has 0 aromatic heterocycles. The van der Waals surface area contributed by atoms with E-state index in [0.29, 0.717) is 0 Å². The van der Waals surface area contributed by atoms with Gasteiger partial charge in [0.05, 0.1) is 6.10 Å². The summed E-state index contributed by atoms with van der Waals surface area (Å²) in [7, 11) is 0. The van der Waals surface area contributed by atoms with E-state index in [1.165, 1.54) is 13.0 Å². The summed E-state index contributed by atoms with van der Waals surface area (Å²) in [5.41, 5.74) is 0. The van der Waals surface area contributed by atoms with E-state index in [2.05, 4.69) is 0 Å². The lowest BCUT2D eigenvalue weighted by Gasteiger charge is -2.03. The molecule has 48 valence electrons. The van der Waals surface area contributed by atoms with E-state index in [1.807, 2.05) is 0 Å². The van der Waals surface area contributed by atoms with Gasteiger partial charge in [0.15, 0.2) is 0 Å². The first-order chi connectivity index (χ1) is 3.68. The van der Waals surface area contributed by atoms with Gasteiger partial charge in [-0.25, -0.2) is 4.39 Å². The quantitative estimate of drug-likeness (QED) is 0.541. The van der Waals surface area contributed by atoms with Crippen LogP contribution >= 0.6 is 0 Å². The fourth-order valence-corrected chi connectivity index (χ4v) is 0.345. The fourth-order valence-electron chi connectivity index (χ4n) is 0.345. The van der Waals surface area contributed by atoms with Crippen LogP contribution in [-0.4, -0.2) is 17.4 Å². The summed E-state index contributed by atoms with van der Waals surface area (Å²) < 4.78 is 12.2. The average Bonchev–Trinajstić information content (AvgIpc) is 1.67. The second-order valence-corrected chi connectivity index (χ2v) is 1.71. The second-order valence-electron chi connectivity index (χ2n) is 1.71. The van der Waals surface area contributed by atoms with Crippen LogP contribution in [0.15, 0.2) is 12.2 Å². The summed E-state index contributed by atoms with van der Waals surface area (Å²) in [6.07, 6.45) is 0.813. The molecule has 0 heterocycles. The number of alkyl halides is 1. The fraction of sp³-hybridized carbons (Fsp3) is 0.667. The molecule has 1 nitrogen and oxygen atoms in total. The Morgan fingerprint density at radius 2 is 2.12 bits per heavy atom.